The topological polar surface area (TPSA) is 23.8 Å². The minimum atomic E-state index is 0. The smallest absolute Gasteiger partial charge is 0.512 e. The SMILES string of the molecule is [C-]#N.[Na+].[Ni+2]. The van der Waals surface area contributed by atoms with E-state index >= 15 is 0 Å². The largest absolute Gasteiger partial charge is 2.00 e. The molecule has 0 aliphatic rings. The average molecular weight is 108 g/mol. The van der Waals surface area contributed by atoms with Crippen molar-refractivity contribution in [3.63, 3.8) is 0 Å². The van der Waals surface area contributed by atoms with E-state index < -0.39 is 0 Å². The minimum absolute atomic E-state index is 0. The van der Waals surface area contributed by atoms with Gasteiger partial charge in [0.15, 0.2) is 0 Å². The molecule has 3 heteroatoms. The summed E-state index contributed by atoms with van der Waals surface area (Å²) in [6.07, 6.45) is 0. The second-order valence-corrected chi connectivity index (χ2v) is 0. The van der Waals surface area contributed by atoms with Crippen LogP contribution in [0, 0.1) is 11.8 Å². The Morgan fingerprint density at radius 1 is 1.25 bits per heavy atom. The van der Waals surface area contributed by atoms with Crippen LogP contribution in [0.25, 0.3) is 0 Å². The molecule has 0 atom stereocenters. The Morgan fingerprint density at radius 3 is 1.25 bits per heavy atom. The van der Waals surface area contributed by atoms with Gasteiger partial charge in [-0.2, -0.15) is 0 Å². The van der Waals surface area contributed by atoms with E-state index in [1.165, 1.54) is 0 Å². The zero-order valence-corrected chi connectivity index (χ0v) is 5.25. The first-order valence-corrected chi connectivity index (χ1v) is 0.224. The maximum absolute atomic E-state index is 6.25. The second-order valence-electron chi connectivity index (χ2n) is 0. The first-order chi connectivity index (χ1) is 1.00. The molecular formula is CNNaNi+2. The van der Waals surface area contributed by atoms with E-state index in [-0.39, 0.29) is 46.0 Å². The number of hydrogen-bond acceptors (Lipinski definition) is 1. The Hall–Kier alpha value is 0.984. The number of nitrogens with zero attached hydrogens (tertiary/aromatic N) is 1. The summed E-state index contributed by atoms with van der Waals surface area (Å²) >= 11 is 0. The summed E-state index contributed by atoms with van der Waals surface area (Å²) < 4.78 is 0. The molecule has 18 valence electrons. The molecule has 0 saturated carbocycles. The quantitative estimate of drug-likeness (QED) is 0.241. The van der Waals surface area contributed by atoms with Crippen LogP contribution in [0.1, 0.15) is 0 Å². The molecule has 0 amide bonds. The van der Waals surface area contributed by atoms with Gasteiger partial charge in [0.05, 0.1) is 0 Å². The standard InChI is InChI=1S/CN.Na.Ni/c1-2;;/q-1;+1;+2. The van der Waals surface area contributed by atoms with Gasteiger partial charge in [0, 0.05) is 0 Å². The van der Waals surface area contributed by atoms with Crippen molar-refractivity contribution in [3.05, 3.63) is 6.57 Å². The predicted octanol–water partition coefficient (Wildman–Crippen LogP) is -2.90. The number of hydrogen-bond donors (Lipinski definition) is 0. The Morgan fingerprint density at radius 2 is 1.25 bits per heavy atom. The summed E-state index contributed by atoms with van der Waals surface area (Å²) in [6.45, 7) is 4.75. The molecule has 0 saturated heterocycles. The predicted molar refractivity (Wildman–Crippen MR) is 4.97 cm³/mol. The third kappa shape index (κ3) is 12.1. The van der Waals surface area contributed by atoms with Crippen molar-refractivity contribution in [2.24, 2.45) is 0 Å². The van der Waals surface area contributed by atoms with Crippen LogP contribution >= 0.6 is 0 Å². The van der Waals surface area contributed by atoms with Crippen molar-refractivity contribution in [1.29, 1.82) is 5.26 Å². The van der Waals surface area contributed by atoms with Crippen LogP contribution < -0.4 is 29.6 Å². The van der Waals surface area contributed by atoms with E-state index in [1.807, 2.05) is 0 Å². The van der Waals surface area contributed by atoms with Gasteiger partial charge in [-0.05, 0) is 0 Å². The van der Waals surface area contributed by atoms with Crippen molar-refractivity contribution < 1.29 is 46.0 Å². The van der Waals surface area contributed by atoms with Gasteiger partial charge in [-0.15, -0.1) is 0 Å². The fourth-order valence-corrected chi connectivity index (χ4v) is 0. The molecule has 0 radical (unpaired) electrons. The van der Waals surface area contributed by atoms with Gasteiger partial charge in [0.2, 0.25) is 0 Å². The maximum atomic E-state index is 6.25. The molecule has 0 fully saturated rings. The summed E-state index contributed by atoms with van der Waals surface area (Å²) in [5.41, 5.74) is 0. The van der Waals surface area contributed by atoms with Crippen LogP contribution in [-0.2, 0) is 16.5 Å². The van der Waals surface area contributed by atoms with Crippen molar-refractivity contribution in [3.8, 4) is 0 Å². The van der Waals surface area contributed by atoms with Crippen molar-refractivity contribution >= 4 is 0 Å². The van der Waals surface area contributed by atoms with Crippen LogP contribution in [0.3, 0.4) is 0 Å². The third-order valence-electron chi connectivity index (χ3n) is 0. The zero-order valence-electron chi connectivity index (χ0n) is 2.26. The van der Waals surface area contributed by atoms with Crippen LogP contribution in [-0.4, -0.2) is 0 Å². The van der Waals surface area contributed by atoms with Crippen LogP contribution in [0.15, 0.2) is 0 Å². The monoisotopic (exact) mass is 107 g/mol. The molecule has 0 bridgehead atoms. The van der Waals surface area contributed by atoms with Gasteiger partial charge < -0.3 is 11.8 Å². The molecule has 1 nitrogen and oxygen atoms in total. The fourth-order valence-electron chi connectivity index (χ4n) is 0. The van der Waals surface area contributed by atoms with Gasteiger partial charge >= 0.3 is 46.0 Å². The summed E-state index contributed by atoms with van der Waals surface area (Å²) in [4.78, 5) is 0. The molecule has 0 spiro atoms. The molecule has 0 aliphatic heterocycles. The minimum Gasteiger partial charge on any atom is -0.512 e. The van der Waals surface area contributed by atoms with Crippen molar-refractivity contribution in [2.45, 2.75) is 0 Å². The Kier molecular flexibility index (Phi) is 184. The summed E-state index contributed by atoms with van der Waals surface area (Å²) in [6, 6.07) is 0. The molecular weight excluding hydrogens is 108 g/mol. The number of rotatable bonds is 0. The van der Waals surface area contributed by atoms with E-state index in [0.717, 1.165) is 0 Å². The Balaban J connectivity index is -0.00000000500. The Labute approximate surface area is 57.6 Å². The van der Waals surface area contributed by atoms with Gasteiger partial charge in [0.1, 0.15) is 0 Å². The van der Waals surface area contributed by atoms with Crippen LogP contribution in [0.5, 0.6) is 0 Å². The van der Waals surface area contributed by atoms with E-state index in [4.69, 9.17) is 11.8 Å². The van der Waals surface area contributed by atoms with E-state index in [9.17, 15) is 0 Å². The third-order valence-corrected chi connectivity index (χ3v) is 0. The first-order valence-electron chi connectivity index (χ1n) is 0.224. The summed E-state index contributed by atoms with van der Waals surface area (Å²) in [7, 11) is 0. The average Bonchev–Trinajstić information content (AvgIpc) is 1.00. The van der Waals surface area contributed by atoms with Gasteiger partial charge in [-0.25, -0.2) is 0 Å². The first kappa shape index (κ1) is 20.1. The van der Waals surface area contributed by atoms with E-state index in [2.05, 4.69) is 0 Å². The maximum Gasteiger partial charge on any atom is 2.00 e. The normalized spacial score (nSPS) is 0.500. The van der Waals surface area contributed by atoms with Gasteiger partial charge in [-0.1, -0.05) is 0 Å². The molecule has 4 heavy (non-hydrogen) atoms. The van der Waals surface area contributed by atoms with Gasteiger partial charge in [-0.3, -0.25) is 0 Å². The molecule has 0 heterocycles. The van der Waals surface area contributed by atoms with Crippen molar-refractivity contribution in [2.75, 3.05) is 0 Å². The molecule has 0 aliphatic carbocycles. The molecule has 0 N–H and O–H groups in total. The van der Waals surface area contributed by atoms with E-state index in [1.54, 1.807) is 0 Å². The van der Waals surface area contributed by atoms with E-state index in [0.29, 0.717) is 0 Å². The molecule has 0 aromatic heterocycles. The fraction of sp³-hybridized carbons (Fsp3) is 0. The summed E-state index contributed by atoms with van der Waals surface area (Å²) in [5.74, 6) is 0. The van der Waals surface area contributed by atoms with Crippen LogP contribution in [0.2, 0.25) is 0 Å². The molecule has 0 unspecified atom stereocenters. The Bertz CT molecular complexity index is 12.8. The van der Waals surface area contributed by atoms with Crippen molar-refractivity contribution in [1.82, 2.24) is 0 Å². The van der Waals surface area contributed by atoms with Crippen LogP contribution in [0.4, 0.5) is 0 Å². The molecule has 0 aromatic carbocycles. The molecule has 0 aromatic rings. The second kappa shape index (κ2) is 36.7. The van der Waals surface area contributed by atoms with Gasteiger partial charge in [0.25, 0.3) is 0 Å². The molecule has 0 rings (SSSR count). The summed E-state index contributed by atoms with van der Waals surface area (Å²) in [5, 5.41) is 6.25. The zero-order chi connectivity index (χ0) is 2.00.